The first kappa shape index (κ1) is 9.96. The minimum atomic E-state index is -0.807. The van der Waals surface area contributed by atoms with Gasteiger partial charge in [0.15, 0.2) is 5.78 Å². The van der Waals surface area contributed by atoms with E-state index in [0.717, 1.165) is 0 Å². The number of nitrogens with one attached hydrogen (secondary N) is 1. The molecule has 0 unspecified atom stereocenters. The summed E-state index contributed by atoms with van der Waals surface area (Å²) in [6, 6.07) is 0. The second kappa shape index (κ2) is 3.32. The summed E-state index contributed by atoms with van der Waals surface area (Å²) >= 11 is 0. The Morgan fingerprint density at radius 2 is 1.85 bits per heavy atom. The number of allylic oxidation sites excluding steroid dienone is 1. The van der Waals surface area contributed by atoms with E-state index in [1.807, 2.05) is 13.8 Å². The highest BCUT2D eigenvalue weighted by atomic mass is 16.2. The first-order valence-corrected chi connectivity index (χ1v) is 4.61. The van der Waals surface area contributed by atoms with Crippen LogP contribution in [0.15, 0.2) is 11.8 Å². The molecule has 0 radical (unpaired) electrons. The molecule has 0 bridgehead atoms. The molecule has 0 spiro atoms. The molecule has 1 amide bonds. The van der Waals surface area contributed by atoms with Crippen LogP contribution in [0.5, 0.6) is 0 Å². The maximum Gasteiger partial charge on any atom is 0.237 e. The summed E-state index contributed by atoms with van der Waals surface area (Å²) in [5.41, 5.74) is -0.165. The second-order valence-electron chi connectivity index (χ2n) is 3.42. The summed E-state index contributed by atoms with van der Waals surface area (Å²) in [5.74, 6) is -0.186. The van der Waals surface area contributed by atoms with Crippen molar-refractivity contribution in [2.75, 3.05) is 0 Å². The third kappa shape index (κ3) is 1.28. The molecule has 13 heavy (non-hydrogen) atoms. The van der Waals surface area contributed by atoms with Gasteiger partial charge in [0.1, 0.15) is 5.41 Å². The van der Waals surface area contributed by atoms with Crippen molar-refractivity contribution < 1.29 is 9.59 Å². The van der Waals surface area contributed by atoms with E-state index in [2.05, 4.69) is 5.32 Å². The Labute approximate surface area is 78.2 Å². The second-order valence-corrected chi connectivity index (χ2v) is 3.42. The highest BCUT2D eigenvalue weighted by molar-refractivity contribution is 6.15. The number of carbonyl (C=O) groups excluding carboxylic acids is 2. The van der Waals surface area contributed by atoms with Crippen molar-refractivity contribution in [3.05, 3.63) is 11.8 Å². The van der Waals surface area contributed by atoms with Crippen LogP contribution >= 0.6 is 0 Å². The predicted octanol–water partition coefficient (Wildman–Crippen LogP) is 1.40. The van der Waals surface area contributed by atoms with Gasteiger partial charge in [-0.05, 0) is 19.8 Å². The molecule has 1 heterocycles. The highest BCUT2D eigenvalue weighted by Crippen LogP contribution is 2.32. The molecule has 0 aromatic heterocycles. The van der Waals surface area contributed by atoms with Crippen LogP contribution in [0.2, 0.25) is 0 Å². The summed E-state index contributed by atoms with van der Waals surface area (Å²) in [7, 11) is 0. The van der Waals surface area contributed by atoms with Gasteiger partial charge < -0.3 is 5.32 Å². The van der Waals surface area contributed by atoms with Crippen LogP contribution in [0.4, 0.5) is 0 Å². The van der Waals surface area contributed by atoms with E-state index in [4.69, 9.17) is 0 Å². The summed E-state index contributed by atoms with van der Waals surface area (Å²) in [4.78, 5) is 23.3. The van der Waals surface area contributed by atoms with Gasteiger partial charge in [-0.3, -0.25) is 9.59 Å². The maximum absolute atomic E-state index is 11.8. The predicted molar refractivity (Wildman–Crippen MR) is 49.9 cm³/mol. The Kier molecular flexibility index (Phi) is 2.55. The van der Waals surface area contributed by atoms with Crippen LogP contribution < -0.4 is 5.32 Å². The fourth-order valence-electron chi connectivity index (χ4n) is 1.75. The van der Waals surface area contributed by atoms with E-state index < -0.39 is 5.41 Å². The molecule has 1 aliphatic heterocycles. The Hall–Kier alpha value is -1.12. The van der Waals surface area contributed by atoms with Crippen LogP contribution in [-0.4, -0.2) is 11.7 Å². The monoisotopic (exact) mass is 181 g/mol. The Balaban J connectivity index is 3.14. The van der Waals surface area contributed by atoms with Crippen LogP contribution in [-0.2, 0) is 9.59 Å². The maximum atomic E-state index is 11.8. The van der Waals surface area contributed by atoms with Gasteiger partial charge in [0.25, 0.3) is 0 Å². The lowest BCUT2D eigenvalue weighted by molar-refractivity contribution is -0.141. The van der Waals surface area contributed by atoms with Crippen LogP contribution in [0.25, 0.3) is 0 Å². The zero-order valence-electron chi connectivity index (χ0n) is 8.31. The topological polar surface area (TPSA) is 46.2 Å². The van der Waals surface area contributed by atoms with Crippen molar-refractivity contribution in [1.82, 2.24) is 5.32 Å². The molecule has 1 rings (SSSR count). The molecule has 0 saturated heterocycles. The summed E-state index contributed by atoms with van der Waals surface area (Å²) in [6.45, 7) is 5.49. The minimum Gasteiger partial charge on any atom is -0.331 e. The van der Waals surface area contributed by atoms with E-state index in [9.17, 15) is 9.59 Å². The van der Waals surface area contributed by atoms with E-state index in [1.54, 1.807) is 6.92 Å². The van der Waals surface area contributed by atoms with Gasteiger partial charge in [0.2, 0.25) is 5.91 Å². The summed E-state index contributed by atoms with van der Waals surface area (Å²) < 4.78 is 0. The van der Waals surface area contributed by atoms with Crippen LogP contribution in [0.3, 0.4) is 0 Å². The molecule has 0 saturated carbocycles. The molecule has 0 aliphatic carbocycles. The van der Waals surface area contributed by atoms with Gasteiger partial charge in [-0.1, -0.05) is 13.8 Å². The van der Waals surface area contributed by atoms with Crippen LogP contribution in [0, 0.1) is 5.41 Å². The number of hydrogen-bond acceptors (Lipinski definition) is 2. The standard InChI is InChI=1S/C10H15NO2/c1-4-10(5-2)8(12)7(3)6-11-9(10)13/h6H,4-5H2,1-3H3,(H,11,13). The summed E-state index contributed by atoms with van der Waals surface area (Å²) in [5, 5.41) is 2.63. The number of ketones is 1. The van der Waals surface area contributed by atoms with Crippen molar-refractivity contribution >= 4 is 11.7 Å². The molecule has 1 aliphatic rings. The van der Waals surface area contributed by atoms with Crippen molar-refractivity contribution in [3.8, 4) is 0 Å². The minimum absolute atomic E-state index is 0.0266. The average Bonchev–Trinajstić information content (AvgIpc) is 2.15. The van der Waals surface area contributed by atoms with Gasteiger partial charge >= 0.3 is 0 Å². The third-order valence-corrected chi connectivity index (χ3v) is 2.85. The SMILES string of the molecule is CCC1(CC)C(=O)NC=C(C)C1=O. The van der Waals surface area contributed by atoms with E-state index in [0.29, 0.717) is 18.4 Å². The van der Waals surface area contributed by atoms with Gasteiger partial charge in [-0.25, -0.2) is 0 Å². The van der Waals surface area contributed by atoms with Crippen LogP contribution in [0.1, 0.15) is 33.6 Å². The Morgan fingerprint density at radius 1 is 1.31 bits per heavy atom. The Morgan fingerprint density at radius 3 is 2.23 bits per heavy atom. The molecular weight excluding hydrogens is 166 g/mol. The lowest BCUT2D eigenvalue weighted by Crippen LogP contribution is -2.48. The molecule has 72 valence electrons. The third-order valence-electron chi connectivity index (χ3n) is 2.85. The highest BCUT2D eigenvalue weighted by Gasteiger charge is 2.44. The normalized spacial score (nSPS) is 21.0. The molecular formula is C10H15NO2. The zero-order chi connectivity index (χ0) is 10.1. The smallest absolute Gasteiger partial charge is 0.237 e. The molecule has 0 aromatic rings. The number of amides is 1. The fraction of sp³-hybridized carbons (Fsp3) is 0.600. The number of Topliss-reactive ketones (excluding diaryl/α,β-unsaturated/α-hetero) is 1. The molecule has 3 heteroatoms. The zero-order valence-corrected chi connectivity index (χ0v) is 8.31. The quantitative estimate of drug-likeness (QED) is 0.654. The number of carbonyl (C=O) groups is 2. The molecule has 3 nitrogen and oxygen atoms in total. The fourth-order valence-corrected chi connectivity index (χ4v) is 1.75. The lowest BCUT2D eigenvalue weighted by atomic mass is 9.74. The summed E-state index contributed by atoms with van der Waals surface area (Å²) in [6.07, 6.45) is 2.63. The van der Waals surface area contributed by atoms with E-state index >= 15 is 0 Å². The van der Waals surface area contributed by atoms with E-state index in [1.165, 1.54) is 6.20 Å². The van der Waals surface area contributed by atoms with Crippen molar-refractivity contribution in [3.63, 3.8) is 0 Å². The largest absolute Gasteiger partial charge is 0.331 e. The first-order chi connectivity index (χ1) is 6.08. The van der Waals surface area contributed by atoms with Gasteiger partial charge in [-0.15, -0.1) is 0 Å². The first-order valence-electron chi connectivity index (χ1n) is 4.61. The van der Waals surface area contributed by atoms with Crippen molar-refractivity contribution in [2.45, 2.75) is 33.6 Å². The van der Waals surface area contributed by atoms with Crippen molar-refractivity contribution in [1.29, 1.82) is 0 Å². The molecule has 0 fully saturated rings. The molecule has 0 atom stereocenters. The molecule has 1 N–H and O–H groups in total. The van der Waals surface area contributed by atoms with Gasteiger partial charge in [-0.2, -0.15) is 0 Å². The molecule has 0 aromatic carbocycles. The number of rotatable bonds is 2. The van der Waals surface area contributed by atoms with Gasteiger partial charge in [0.05, 0.1) is 0 Å². The van der Waals surface area contributed by atoms with Gasteiger partial charge in [0, 0.05) is 11.8 Å². The Bertz CT molecular complexity index is 275. The lowest BCUT2D eigenvalue weighted by Gasteiger charge is -2.31. The average molecular weight is 181 g/mol. The van der Waals surface area contributed by atoms with Crippen molar-refractivity contribution in [2.24, 2.45) is 5.41 Å². The van der Waals surface area contributed by atoms with E-state index in [-0.39, 0.29) is 11.7 Å². The number of hydrogen-bond donors (Lipinski definition) is 1.